The summed E-state index contributed by atoms with van der Waals surface area (Å²) in [5, 5.41) is 13.6. The van der Waals surface area contributed by atoms with Crippen LogP contribution < -0.4 is 10.2 Å². The summed E-state index contributed by atoms with van der Waals surface area (Å²) in [7, 11) is 0. The van der Waals surface area contributed by atoms with Crippen LogP contribution in [0.5, 0.6) is 0 Å². The maximum absolute atomic E-state index is 10.1. The van der Waals surface area contributed by atoms with E-state index in [2.05, 4.69) is 27.3 Å². The van der Waals surface area contributed by atoms with E-state index < -0.39 is 5.60 Å². The van der Waals surface area contributed by atoms with Crippen LogP contribution in [-0.4, -0.2) is 41.4 Å². The largest absolute Gasteiger partial charge is 0.389 e. The zero-order valence-electron chi connectivity index (χ0n) is 11.4. The first-order valence-electron chi connectivity index (χ1n) is 7.36. The summed E-state index contributed by atoms with van der Waals surface area (Å²) in [5.41, 5.74) is 0.869. The molecule has 1 aliphatic carbocycles. The second kappa shape index (κ2) is 5.47. The maximum Gasteiger partial charge on any atom is 0.0771 e. The molecule has 0 spiro atoms. The second-order valence-corrected chi connectivity index (χ2v) is 5.93. The molecule has 104 valence electrons. The lowest BCUT2D eigenvalue weighted by Gasteiger charge is -2.40. The van der Waals surface area contributed by atoms with E-state index in [1.54, 1.807) is 0 Å². The minimum atomic E-state index is -0.401. The van der Waals surface area contributed by atoms with Crippen molar-refractivity contribution >= 4 is 5.69 Å². The molecule has 19 heavy (non-hydrogen) atoms. The van der Waals surface area contributed by atoms with E-state index in [0.717, 1.165) is 45.3 Å². The standard InChI is InChI=1S/C15H23N3O/c19-15(6-1-7-15)12-17-13-4-10-18(11-5-13)14-2-8-16-9-3-14/h2-3,8-9,13,17,19H,1,4-7,10-12H2. The minimum Gasteiger partial charge on any atom is -0.389 e. The van der Waals surface area contributed by atoms with Gasteiger partial charge in [-0.1, -0.05) is 0 Å². The number of nitrogens with zero attached hydrogens (tertiary/aromatic N) is 2. The van der Waals surface area contributed by atoms with Crippen LogP contribution in [0.3, 0.4) is 0 Å². The van der Waals surface area contributed by atoms with Crippen LogP contribution in [0.25, 0.3) is 0 Å². The van der Waals surface area contributed by atoms with E-state index in [1.807, 2.05) is 12.4 Å². The topological polar surface area (TPSA) is 48.4 Å². The smallest absolute Gasteiger partial charge is 0.0771 e. The summed E-state index contributed by atoms with van der Waals surface area (Å²) in [4.78, 5) is 6.48. The molecular formula is C15H23N3O. The van der Waals surface area contributed by atoms with E-state index in [-0.39, 0.29) is 0 Å². The van der Waals surface area contributed by atoms with Crippen LogP contribution in [0, 0.1) is 0 Å². The van der Waals surface area contributed by atoms with E-state index in [4.69, 9.17) is 0 Å². The van der Waals surface area contributed by atoms with Crippen molar-refractivity contribution in [3.05, 3.63) is 24.5 Å². The average molecular weight is 261 g/mol. The number of aromatic nitrogens is 1. The number of pyridine rings is 1. The van der Waals surface area contributed by atoms with Crippen LogP contribution in [0.4, 0.5) is 5.69 Å². The molecule has 2 aliphatic rings. The Morgan fingerprint density at radius 3 is 2.53 bits per heavy atom. The van der Waals surface area contributed by atoms with Gasteiger partial charge in [0.1, 0.15) is 0 Å². The molecule has 4 heteroatoms. The minimum absolute atomic E-state index is 0.401. The Morgan fingerprint density at radius 2 is 1.95 bits per heavy atom. The predicted molar refractivity (Wildman–Crippen MR) is 76.3 cm³/mol. The lowest BCUT2D eigenvalue weighted by molar-refractivity contribution is -0.0336. The SMILES string of the molecule is OC1(CNC2CCN(c3ccncc3)CC2)CCC1. The normalized spacial score (nSPS) is 23.1. The highest BCUT2D eigenvalue weighted by atomic mass is 16.3. The third-order valence-corrected chi connectivity index (χ3v) is 4.53. The average Bonchev–Trinajstić information content (AvgIpc) is 2.45. The van der Waals surface area contributed by atoms with Gasteiger partial charge in [-0.15, -0.1) is 0 Å². The molecule has 2 heterocycles. The van der Waals surface area contributed by atoms with Gasteiger partial charge in [-0.25, -0.2) is 0 Å². The summed E-state index contributed by atoms with van der Waals surface area (Å²) in [6.45, 7) is 2.94. The Bertz CT molecular complexity index is 397. The van der Waals surface area contributed by atoms with Crippen molar-refractivity contribution in [2.24, 2.45) is 0 Å². The molecule has 1 aliphatic heterocycles. The van der Waals surface area contributed by atoms with Crippen molar-refractivity contribution in [3.8, 4) is 0 Å². The summed E-state index contributed by atoms with van der Waals surface area (Å²) in [5.74, 6) is 0. The molecule has 3 rings (SSSR count). The Hall–Kier alpha value is -1.13. The number of rotatable bonds is 4. The number of aliphatic hydroxyl groups is 1. The highest BCUT2D eigenvalue weighted by Gasteiger charge is 2.34. The summed E-state index contributed by atoms with van der Waals surface area (Å²) < 4.78 is 0. The fourth-order valence-corrected chi connectivity index (χ4v) is 2.99. The Labute approximate surface area is 114 Å². The lowest BCUT2D eigenvalue weighted by Crippen LogP contribution is -2.51. The van der Waals surface area contributed by atoms with Gasteiger partial charge in [0, 0.05) is 43.8 Å². The molecule has 4 nitrogen and oxygen atoms in total. The molecule has 1 saturated carbocycles. The molecule has 1 saturated heterocycles. The Kier molecular flexibility index (Phi) is 3.71. The van der Waals surface area contributed by atoms with Crippen molar-refractivity contribution in [2.75, 3.05) is 24.5 Å². The summed E-state index contributed by atoms with van der Waals surface area (Å²) in [6, 6.07) is 4.71. The highest BCUT2D eigenvalue weighted by Crippen LogP contribution is 2.31. The van der Waals surface area contributed by atoms with Crippen LogP contribution in [0.15, 0.2) is 24.5 Å². The molecule has 0 radical (unpaired) electrons. The monoisotopic (exact) mass is 261 g/mol. The van der Waals surface area contributed by atoms with Crippen LogP contribution in [0.1, 0.15) is 32.1 Å². The van der Waals surface area contributed by atoms with Crippen molar-refractivity contribution in [1.82, 2.24) is 10.3 Å². The highest BCUT2D eigenvalue weighted by molar-refractivity contribution is 5.44. The predicted octanol–water partition coefficient (Wildman–Crippen LogP) is 1.55. The van der Waals surface area contributed by atoms with E-state index in [1.165, 1.54) is 12.1 Å². The van der Waals surface area contributed by atoms with Crippen molar-refractivity contribution < 1.29 is 5.11 Å². The summed E-state index contributed by atoms with van der Waals surface area (Å²) >= 11 is 0. The molecule has 0 aromatic carbocycles. The fraction of sp³-hybridized carbons (Fsp3) is 0.667. The number of hydrogen-bond donors (Lipinski definition) is 2. The molecule has 0 atom stereocenters. The lowest BCUT2D eigenvalue weighted by atomic mass is 9.80. The van der Waals surface area contributed by atoms with Crippen molar-refractivity contribution in [2.45, 2.75) is 43.7 Å². The zero-order valence-corrected chi connectivity index (χ0v) is 11.4. The molecule has 0 bridgehead atoms. The van der Waals surface area contributed by atoms with Crippen molar-refractivity contribution in [1.29, 1.82) is 0 Å². The van der Waals surface area contributed by atoms with Crippen LogP contribution in [0.2, 0.25) is 0 Å². The first kappa shape index (κ1) is 12.9. The second-order valence-electron chi connectivity index (χ2n) is 5.93. The number of anilines is 1. The Balaban J connectivity index is 1.44. The third-order valence-electron chi connectivity index (χ3n) is 4.53. The molecule has 2 N–H and O–H groups in total. The number of nitrogens with one attached hydrogen (secondary N) is 1. The van der Waals surface area contributed by atoms with Gasteiger partial charge in [-0.2, -0.15) is 0 Å². The molecule has 0 unspecified atom stereocenters. The van der Waals surface area contributed by atoms with E-state index in [9.17, 15) is 5.11 Å². The van der Waals surface area contributed by atoms with E-state index in [0.29, 0.717) is 6.04 Å². The van der Waals surface area contributed by atoms with Gasteiger partial charge in [-0.3, -0.25) is 4.98 Å². The zero-order chi connectivity index (χ0) is 13.1. The molecule has 0 amide bonds. The van der Waals surface area contributed by atoms with E-state index >= 15 is 0 Å². The van der Waals surface area contributed by atoms with Crippen molar-refractivity contribution in [3.63, 3.8) is 0 Å². The van der Waals surface area contributed by atoms with Gasteiger partial charge in [-0.05, 0) is 44.2 Å². The summed E-state index contributed by atoms with van der Waals surface area (Å²) in [6.07, 6.45) is 9.12. The number of piperidine rings is 1. The maximum atomic E-state index is 10.1. The molecule has 1 aromatic heterocycles. The third kappa shape index (κ3) is 3.07. The first-order chi connectivity index (χ1) is 9.25. The van der Waals surface area contributed by atoms with Gasteiger partial charge in [0.2, 0.25) is 0 Å². The number of hydrogen-bond acceptors (Lipinski definition) is 4. The molecule has 1 aromatic rings. The van der Waals surface area contributed by atoms with Crippen LogP contribution >= 0.6 is 0 Å². The van der Waals surface area contributed by atoms with Gasteiger partial charge in [0.05, 0.1) is 5.60 Å². The van der Waals surface area contributed by atoms with Gasteiger partial charge < -0.3 is 15.3 Å². The van der Waals surface area contributed by atoms with Crippen LogP contribution in [-0.2, 0) is 0 Å². The van der Waals surface area contributed by atoms with Gasteiger partial charge >= 0.3 is 0 Å². The van der Waals surface area contributed by atoms with Gasteiger partial charge in [0.15, 0.2) is 0 Å². The Morgan fingerprint density at radius 1 is 1.26 bits per heavy atom. The molecule has 2 fully saturated rings. The van der Waals surface area contributed by atoms with Gasteiger partial charge in [0.25, 0.3) is 0 Å². The fourth-order valence-electron chi connectivity index (χ4n) is 2.99. The quantitative estimate of drug-likeness (QED) is 0.863. The first-order valence-corrected chi connectivity index (χ1v) is 7.36. The molecular weight excluding hydrogens is 238 g/mol.